The maximum absolute atomic E-state index is 13.8. The minimum atomic E-state index is -3.35. The number of aromatic nitrogens is 2. The minimum Gasteiger partial charge on any atom is -0.333 e. The Labute approximate surface area is 236 Å². The van der Waals surface area contributed by atoms with Crippen LogP contribution in [0.2, 0.25) is 0 Å². The second-order valence-corrected chi connectivity index (χ2v) is 12.7. The predicted octanol–water partition coefficient (Wildman–Crippen LogP) is 6.82. The van der Waals surface area contributed by atoms with Crippen LogP contribution in [-0.4, -0.2) is 43.2 Å². The van der Waals surface area contributed by atoms with Crippen LogP contribution in [-0.2, 0) is 27.0 Å². The zero-order valence-electron chi connectivity index (χ0n) is 23.0. The number of sulfone groups is 1. The lowest BCUT2D eigenvalue weighted by molar-refractivity contribution is -0.126. The molecule has 4 rings (SSSR count). The number of amides is 1. The number of carbonyl (C=O) groups is 1. The monoisotopic (exact) mass is 595 g/mol. The first-order chi connectivity index (χ1) is 19.2. The average molecular weight is 596 g/mol. The number of hydrogen-bond donors (Lipinski definition) is 0. The molecule has 1 aliphatic carbocycles. The lowest BCUT2D eigenvalue weighted by Gasteiger charge is -2.32. The van der Waals surface area contributed by atoms with Crippen LogP contribution in [0.5, 0.6) is 0 Å². The number of benzene rings is 2. The summed E-state index contributed by atoms with van der Waals surface area (Å²) in [7, 11) is -3.35. The summed E-state index contributed by atoms with van der Waals surface area (Å²) < 4.78 is 82.5. The van der Waals surface area contributed by atoms with Crippen molar-refractivity contribution in [2.45, 2.75) is 75.0 Å². The molecule has 1 saturated carbocycles. The maximum atomic E-state index is 13.8. The third-order valence-corrected chi connectivity index (χ3v) is 8.36. The number of unbranched alkanes of at least 4 members (excludes halogenated alkanes) is 2. The van der Waals surface area contributed by atoms with Crippen LogP contribution in [0.25, 0.3) is 11.1 Å². The van der Waals surface area contributed by atoms with E-state index in [4.69, 9.17) is 0 Å². The van der Waals surface area contributed by atoms with Crippen LogP contribution in [0.1, 0.15) is 63.6 Å². The fourth-order valence-corrected chi connectivity index (χ4v) is 5.52. The van der Waals surface area contributed by atoms with Crippen molar-refractivity contribution < 1.29 is 35.3 Å². The molecule has 1 fully saturated rings. The van der Waals surface area contributed by atoms with Crippen molar-refractivity contribution in [1.29, 1.82) is 0 Å². The van der Waals surface area contributed by atoms with Crippen LogP contribution >= 0.6 is 0 Å². The maximum Gasteiger partial charge on any atom is 0.322 e. The number of hydrogen-bond acceptors (Lipinski definition) is 6. The SMILES string of the molecule is CC(F)(F)c1nc(CCCCCN(C(=O)C2CCC(F)(F)CC2)c2cccc(-c3ccc(S(C)(=O)=O)cc3)c2)no1. The normalized spacial score (nSPS) is 16.0. The van der Waals surface area contributed by atoms with Gasteiger partial charge in [0.25, 0.3) is 5.89 Å². The summed E-state index contributed by atoms with van der Waals surface area (Å²) in [4.78, 5) is 19.2. The highest BCUT2D eigenvalue weighted by Gasteiger charge is 2.39. The lowest BCUT2D eigenvalue weighted by atomic mass is 9.85. The van der Waals surface area contributed by atoms with Crippen molar-refractivity contribution in [2.75, 3.05) is 17.7 Å². The summed E-state index contributed by atoms with van der Waals surface area (Å²) in [5, 5.41) is 3.60. The molecule has 0 unspecified atom stereocenters. The Morgan fingerprint density at radius 3 is 2.34 bits per heavy atom. The van der Waals surface area contributed by atoms with Gasteiger partial charge >= 0.3 is 5.92 Å². The molecule has 2 aromatic carbocycles. The number of aryl methyl sites for hydroxylation is 1. The molecule has 1 heterocycles. The Kier molecular flexibility index (Phi) is 9.20. The van der Waals surface area contributed by atoms with Gasteiger partial charge < -0.3 is 9.42 Å². The van der Waals surface area contributed by atoms with E-state index < -0.39 is 33.5 Å². The summed E-state index contributed by atoms with van der Waals surface area (Å²) in [6.07, 6.45) is 2.84. The molecule has 0 saturated heterocycles. The summed E-state index contributed by atoms with van der Waals surface area (Å²) in [5.74, 6) is -7.23. The Morgan fingerprint density at radius 2 is 1.73 bits per heavy atom. The first-order valence-electron chi connectivity index (χ1n) is 13.5. The Balaban J connectivity index is 1.47. The van der Waals surface area contributed by atoms with E-state index in [9.17, 15) is 30.8 Å². The number of carbonyl (C=O) groups excluding carboxylic acids is 1. The van der Waals surface area contributed by atoms with Crippen LogP contribution in [0, 0.1) is 5.92 Å². The Bertz CT molecular complexity index is 1440. The van der Waals surface area contributed by atoms with E-state index in [0.717, 1.165) is 17.4 Å². The van der Waals surface area contributed by atoms with Crippen LogP contribution in [0.4, 0.5) is 23.2 Å². The van der Waals surface area contributed by atoms with E-state index in [1.807, 2.05) is 12.1 Å². The third-order valence-electron chi connectivity index (χ3n) is 7.23. The van der Waals surface area contributed by atoms with Gasteiger partial charge in [0.15, 0.2) is 15.7 Å². The van der Waals surface area contributed by atoms with Crippen LogP contribution in [0.15, 0.2) is 57.9 Å². The van der Waals surface area contributed by atoms with Gasteiger partial charge in [0.1, 0.15) is 0 Å². The molecular weight excluding hydrogens is 562 g/mol. The van der Waals surface area contributed by atoms with Gasteiger partial charge in [-0.25, -0.2) is 17.2 Å². The summed E-state index contributed by atoms with van der Waals surface area (Å²) >= 11 is 0. The van der Waals surface area contributed by atoms with Gasteiger partial charge in [-0.1, -0.05) is 35.8 Å². The molecule has 7 nitrogen and oxygen atoms in total. The largest absolute Gasteiger partial charge is 0.333 e. The van der Waals surface area contributed by atoms with Gasteiger partial charge in [-0.3, -0.25) is 4.79 Å². The second kappa shape index (κ2) is 12.3. The van der Waals surface area contributed by atoms with Crippen molar-refractivity contribution in [3.05, 3.63) is 60.2 Å². The fourth-order valence-electron chi connectivity index (χ4n) is 4.89. The van der Waals surface area contributed by atoms with Crippen LogP contribution < -0.4 is 4.90 Å². The molecule has 1 aromatic heterocycles. The van der Waals surface area contributed by atoms with Crippen molar-refractivity contribution in [1.82, 2.24) is 10.1 Å². The van der Waals surface area contributed by atoms with Crippen molar-refractivity contribution in [3.63, 3.8) is 0 Å². The molecule has 41 heavy (non-hydrogen) atoms. The molecule has 0 atom stereocenters. The molecule has 0 bridgehead atoms. The molecule has 0 spiro atoms. The highest BCUT2D eigenvalue weighted by atomic mass is 32.2. The standard InChI is InChI=1S/C29H33F4N3O4S/c1-28(30,31)27-34-25(35-40-27)9-4-3-5-18-36(26(37)21-14-16-29(32,33)17-15-21)23-8-6-7-22(19-23)20-10-12-24(13-11-20)41(2,38)39/h6-8,10-13,19,21H,3-5,9,14-18H2,1-2H3. The van der Waals surface area contributed by atoms with Gasteiger partial charge in [-0.2, -0.15) is 13.8 Å². The average Bonchev–Trinajstić information content (AvgIpc) is 3.40. The molecule has 3 aromatic rings. The van der Waals surface area contributed by atoms with Gasteiger partial charge in [0, 0.05) is 50.6 Å². The molecule has 222 valence electrons. The Hall–Kier alpha value is -3.28. The fraction of sp³-hybridized carbons (Fsp3) is 0.483. The third kappa shape index (κ3) is 8.15. The van der Waals surface area contributed by atoms with E-state index >= 15 is 0 Å². The zero-order chi connectivity index (χ0) is 29.8. The zero-order valence-corrected chi connectivity index (χ0v) is 23.8. The van der Waals surface area contributed by atoms with E-state index in [-0.39, 0.29) is 42.3 Å². The highest BCUT2D eigenvalue weighted by molar-refractivity contribution is 7.90. The van der Waals surface area contributed by atoms with Gasteiger partial charge in [0.2, 0.25) is 11.8 Å². The molecule has 1 amide bonds. The Morgan fingerprint density at radius 1 is 1.05 bits per heavy atom. The predicted molar refractivity (Wildman–Crippen MR) is 146 cm³/mol. The van der Waals surface area contributed by atoms with E-state index in [2.05, 4.69) is 14.7 Å². The molecule has 0 radical (unpaired) electrons. The molecule has 12 heteroatoms. The molecule has 0 aliphatic heterocycles. The van der Waals surface area contributed by atoms with E-state index in [1.165, 1.54) is 12.1 Å². The number of halogens is 4. The van der Waals surface area contributed by atoms with Gasteiger partial charge in [-0.15, -0.1) is 0 Å². The quantitative estimate of drug-likeness (QED) is 0.178. The number of nitrogens with zero attached hydrogens (tertiary/aromatic N) is 3. The summed E-state index contributed by atoms with van der Waals surface area (Å²) in [6.45, 7) is 1.02. The van der Waals surface area contributed by atoms with Gasteiger partial charge in [0.05, 0.1) is 4.90 Å². The van der Waals surface area contributed by atoms with Crippen molar-refractivity contribution in [2.24, 2.45) is 5.92 Å². The smallest absolute Gasteiger partial charge is 0.322 e. The first-order valence-corrected chi connectivity index (χ1v) is 15.4. The summed E-state index contributed by atoms with van der Waals surface area (Å²) in [6, 6.07) is 13.7. The van der Waals surface area contributed by atoms with Crippen molar-refractivity contribution >= 4 is 21.4 Å². The first kappa shape index (κ1) is 30.7. The number of alkyl halides is 4. The van der Waals surface area contributed by atoms with E-state index in [0.29, 0.717) is 44.8 Å². The lowest BCUT2D eigenvalue weighted by Crippen LogP contribution is -2.40. The number of rotatable bonds is 11. The molecule has 1 aliphatic rings. The number of anilines is 1. The molecule has 0 N–H and O–H groups in total. The second-order valence-electron chi connectivity index (χ2n) is 10.7. The molecular formula is C29H33F4N3O4S. The highest BCUT2D eigenvalue weighted by Crippen LogP contribution is 2.38. The minimum absolute atomic E-state index is 0.108. The van der Waals surface area contributed by atoms with E-state index in [1.54, 1.807) is 29.2 Å². The van der Waals surface area contributed by atoms with Crippen molar-refractivity contribution in [3.8, 4) is 11.1 Å². The van der Waals surface area contributed by atoms with Crippen LogP contribution in [0.3, 0.4) is 0 Å². The summed E-state index contributed by atoms with van der Waals surface area (Å²) in [5.41, 5.74) is 2.15. The van der Waals surface area contributed by atoms with Gasteiger partial charge in [-0.05, 0) is 61.1 Å². The topological polar surface area (TPSA) is 93.4 Å².